The third kappa shape index (κ3) is 2.58. The smallest absolute Gasteiger partial charge is 0.0286 e. The lowest BCUT2D eigenvalue weighted by atomic mass is 9.90. The van der Waals surface area contributed by atoms with Crippen LogP contribution in [0.25, 0.3) is 0 Å². The van der Waals surface area contributed by atoms with E-state index in [1.54, 1.807) is 0 Å². The monoisotopic (exact) mass is 191 g/mol. The van der Waals surface area contributed by atoms with Gasteiger partial charge >= 0.3 is 0 Å². The summed E-state index contributed by atoms with van der Waals surface area (Å²) in [5.41, 5.74) is 10.1. The summed E-state index contributed by atoms with van der Waals surface area (Å²) in [6, 6.07) is 0.201. The van der Waals surface area contributed by atoms with Crippen LogP contribution in [-0.2, 0) is 0 Å². The summed E-state index contributed by atoms with van der Waals surface area (Å²) in [6.45, 7) is 8.69. The van der Waals surface area contributed by atoms with Crippen molar-refractivity contribution < 1.29 is 0 Å². The summed E-state index contributed by atoms with van der Waals surface area (Å²) in [7, 11) is 0. The van der Waals surface area contributed by atoms with Crippen molar-refractivity contribution >= 4 is 0 Å². The normalized spacial score (nSPS) is 34.1. The molecule has 14 heavy (non-hydrogen) atoms. The molecule has 2 N–H and O–H groups in total. The van der Waals surface area contributed by atoms with Crippen LogP contribution >= 0.6 is 0 Å². The fraction of sp³-hybridized carbons (Fsp3) is 0.538. The number of rotatable bonds is 0. The molecule has 2 atom stereocenters. The molecule has 0 amide bonds. The average molecular weight is 191 g/mol. The van der Waals surface area contributed by atoms with Gasteiger partial charge in [0.25, 0.3) is 0 Å². The molecular formula is C13H21N. The standard InChI is InChI=1S/C13H21N/c1-9(2)12-6-5-7-13(14)11(4)8-10(12)3/h5-6,8,10,13H,7,14H2,1-4H3/b6-5+,11-8-. The Balaban J connectivity index is 3.02. The largest absolute Gasteiger partial charge is 0.324 e. The quantitative estimate of drug-likeness (QED) is 0.585. The maximum absolute atomic E-state index is 6.00. The van der Waals surface area contributed by atoms with Gasteiger partial charge in [-0.25, -0.2) is 0 Å². The second kappa shape index (κ2) is 4.61. The van der Waals surface area contributed by atoms with E-state index >= 15 is 0 Å². The summed E-state index contributed by atoms with van der Waals surface area (Å²) in [4.78, 5) is 0. The van der Waals surface area contributed by atoms with Crippen LogP contribution in [0.4, 0.5) is 0 Å². The van der Waals surface area contributed by atoms with Crippen molar-refractivity contribution in [3.63, 3.8) is 0 Å². The molecule has 0 spiro atoms. The highest BCUT2D eigenvalue weighted by Crippen LogP contribution is 2.23. The Morgan fingerprint density at radius 3 is 2.64 bits per heavy atom. The third-order valence-electron chi connectivity index (χ3n) is 2.85. The Morgan fingerprint density at radius 2 is 2.07 bits per heavy atom. The van der Waals surface area contributed by atoms with Gasteiger partial charge in [0.2, 0.25) is 0 Å². The van der Waals surface area contributed by atoms with Gasteiger partial charge in [-0.1, -0.05) is 36.3 Å². The zero-order valence-corrected chi connectivity index (χ0v) is 9.67. The van der Waals surface area contributed by atoms with Crippen LogP contribution in [0, 0.1) is 5.92 Å². The minimum atomic E-state index is 0.201. The van der Waals surface area contributed by atoms with Crippen LogP contribution in [0.3, 0.4) is 0 Å². The van der Waals surface area contributed by atoms with E-state index in [2.05, 4.69) is 45.9 Å². The molecule has 1 nitrogen and oxygen atoms in total. The van der Waals surface area contributed by atoms with Crippen molar-refractivity contribution in [3.8, 4) is 0 Å². The maximum Gasteiger partial charge on any atom is 0.0286 e. The first-order valence-electron chi connectivity index (χ1n) is 5.30. The van der Waals surface area contributed by atoms with Crippen molar-refractivity contribution in [1.29, 1.82) is 0 Å². The molecule has 1 heteroatoms. The van der Waals surface area contributed by atoms with Crippen molar-refractivity contribution in [3.05, 3.63) is 34.9 Å². The fourth-order valence-corrected chi connectivity index (χ4v) is 1.91. The molecule has 0 aliphatic heterocycles. The van der Waals surface area contributed by atoms with E-state index in [-0.39, 0.29) is 6.04 Å². The Labute approximate surface area is 87.4 Å². The fourth-order valence-electron chi connectivity index (χ4n) is 1.91. The van der Waals surface area contributed by atoms with Crippen molar-refractivity contribution in [2.45, 2.75) is 40.2 Å². The molecule has 1 aliphatic rings. The zero-order valence-electron chi connectivity index (χ0n) is 9.67. The van der Waals surface area contributed by atoms with Crippen LogP contribution in [0.2, 0.25) is 0 Å². The van der Waals surface area contributed by atoms with Gasteiger partial charge in [-0.2, -0.15) is 0 Å². The topological polar surface area (TPSA) is 26.0 Å². The third-order valence-corrected chi connectivity index (χ3v) is 2.85. The second-order valence-corrected chi connectivity index (χ2v) is 4.40. The predicted octanol–water partition coefficient (Wildman–Crippen LogP) is 3.19. The van der Waals surface area contributed by atoms with Gasteiger partial charge < -0.3 is 5.73 Å². The molecule has 0 aromatic rings. The second-order valence-electron chi connectivity index (χ2n) is 4.40. The summed E-state index contributed by atoms with van der Waals surface area (Å²) >= 11 is 0. The number of hydrogen-bond acceptors (Lipinski definition) is 1. The van der Waals surface area contributed by atoms with E-state index in [1.807, 2.05) is 0 Å². The summed E-state index contributed by atoms with van der Waals surface area (Å²) in [5, 5.41) is 0. The molecule has 0 aromatic heterocycles. The first-order valence-corrected chi connectivity index (χ1v) is 5.30. The van der Waals surface area contributed by atoms with Crippen LogP contribution in [0.5, 0.6) is 0 Å². The van der Waals surface area contributed by atoms with E-state index in [1.165, 1.54) is 16.7 Å². The zero-order chi connectivity index (χ0) is 10.7. The molecule has 0 aromatic carbocycles. The van der Waals surface area contributed by atoms with Gasteiger partial charge in [0.05, 0.1) is 0 Å². The SMILES string of the molecule is CC(C)=C1/C=C/CC(N)/C(C)=C\C1C. The van der Waals surface area contributed by atoms with Gasteiger partial charge in [-0.15, -0.1) is 0 Å². The molecule has 2 unspecified atom stereocenters. The molecule has 78 valence electrons. The van der Waals surface area contributed by atoms with Gasteiger partial charge in [0.15, 0.2) is 0 Å². The molecule has 0 bridgehead atoms. The molecule has 0 radical (unpaired) electrons. The first-order chi connectivity index (χ1) is 6.52. The summed E-state index contributed by atoms with van der Waals surface area (Å²) in [6.07, 6.45) is 7.66. The highest BCUT2D eigenvalue weighted by atomic mass is 14.6. The van der Waals surface area contributed by atoms with E-state index in [0.717, 1.165) is 6.42 Å². The van der Waals surface area contributed by atoms with E-state index in [4.69, 9.17) is 5.73 Å². The predicted molar refractivity (Wildman–Crippen MR) is 63.0 cm³/mol. The lowest BCUT2D eigenvalue weighted by molar-refractivity contribution is 0.744. The van der Waals surface area contributed by atoms with Crippen molar-refractivity contribution in [1.82, 2.24) is 0 Å². The first kappa shape index (κ1) is 11.3. The van der Waals surface area contributed by atoms with Crippen molar-refractivity contribution in [2.75, 3.05) is 0 Å². The molecule has 0 saturated carbocycles. The molecule has 1 aliphatic carbocycles. The van der Waals surface area contributed by atoms with E-state index in [0.29, 0.717) is 5.92 Å². The van der Waals surface area contributed by atoms with Gasteiger partial charge in [-0.3, -0.25) is 0 Å². The van der Waals surface area contributed by atoms with Crippen LogP contribution in [-0.4, -0.2) is 6.04 Å². The molecule has 0 fully saturated rings. The van der Waals surface area contributed by atoms with Gasteiger partial charge in [0, 0.05) is 6.04 Å². The summed E-state index contributed by atoms with van der Waals surface area (Å²) in [5.74, 6) is 0.489. The molecule has 1 rings (SSSR count). The van der Waals surface area contributed by atoms with Crippen LogP contribution in [0.1, 0.15) is 34.1 Å². The minimum Gasteiger partial charge on any atom is -0.324 e. The van der Waals surface area contributed by atoms with Gasteiger partial charge in [-0.05, 0) is 38.7 Å². The number of hydrogen-bond donors (Lipinski definition) is 1. The molecule has 0 heterocycles. The lowest BCUT2D eigenvalue weighted by Crippen LogP contribution is -2.22. The lowest BCUT2D eigenvalue weighted by Gasteiger charge is -2.18. The molecular weight excluding hydrogens is 170 g/mol. The maximum atomic E-state index is 6.00. The highest BCUT2D eigenvalue weighted by molar-refractivity contribution is 5.32. The van der Waals surface area contributed by atoms with Gasteiger partial charge in [0.1, 0.15) is 0 Å². The Bertz CT molecular complexity index is 290. The Morgan fingerprint density at radius 1 is 1.43 bits per heavy atom. The average Bonchev–Trinajstić information content (AvgIpc) is 2.09. The molecule has 0 saturated heterocycles. The minimum absolute atomic E-state index is 0.201. The van der Waals surface area contributed by atoms with Crippen LogP contribution < -0.4 is 5.73 Å². The van der Waals surface area contributed by atoms with E-state index in [9.17, 15) is 0 Å². The van der Waals surface area contributed by atoms with Crippen LogP contribution in [0.15, 0.2) is 34.9 Å². The van der Waals surface area contributed by atoms with E-state index < -0.39 is 0 Å². The number of allylic oxidation sites excluding steroid dienone is 4. The highest BCUT2D eigenvalue weighted by Gasteiger charge is 2.11. The van der Waals surface area contributed by atoms with Crippen molar-refractivity contribution in [2.24, 2.45) is 11.7 Å². The Hall–Kier alpha value is -0.820. The Kier molecular flexibility index (Phi) is 3.70. The number of nitrogens with two attached hydrogens (primary N) is 1. The summed E-state index contributed by atoms with van der Waals surface area (Å²) < 4.78 is 0.